The van der Waals surface area contributed by atoms with Gasteiger partial charge in [0.05, 0.1) is 19.8 Å². The fourth-order valence-corrected chi connectivity index (χ4v) is 2.72. The Morgan fingerprint density at radius 3 is 2.73 bits per heavy atom. The molecule has 0 bridgehead atoms. The van der Waals surface area contributed by atoms with Crippen molar-refractivity contribution in [3.63, 3.8) is 0 Å². The summed E-state index contributed by atoms with van der Waals surface area (Å²) in [7, 11) is 0. The van der Waals surface area contributed by atoms with E-state index in [0.29, 0.717) is 37.6 Å². The average Bonchev–Trinajstić information content (AvgIpc) is 2.58. The van der Waals surface area contributed by atoms with Gasteiger partial charge in [-0.3, -0.25) is 0 Å². The molecule has 1 saturated heterocycles. The molecule has 1 N–H and O–H groups in total. The van der Waals surface area contributed by atoms with Crippen LogP contribution >= 0.6 is 0 Å². The molecule has 0 aliphatic carbocycles. The monoisotopic (exact) mass is 303 g/mol. The maximum Gasteiger partial charge on any atom is 0.225 e. The molecular formula is C16H18FN3O2. The zero-order chi connectivity index (χ0) is 15.4. The maximum atomic E-state index is 13.9. The highest BCUT2D eigenvalue weighted by molar-refractivity contribution is 5.31. The van der Waals surface area contributed by atoms with Crippen LogP contribution in [0.1, 0.15) is 5.56 Å². The van der Waals surface area contributed by atoms with E-state index in [1.807, 2.05) is 4.90 Å². The van der Waals surface area contributed by atoms with Crippen molar-refractivity contribution in [2.24, 2.45) is 0 Å². The number of morpholine rings is 1. The summed E-state index contributed by atoms with van der Waals surface area (Å²) in [6, 6.07) is 8.32. The topological polar surface area (TPSA) is 58.5 Å². The number of aliphatic hydroxyl groups excluding tert-OH is 1. The number of halogens is 1. The van der Waals surface area contributed by atoms with E-state index in [0.717, 1.165) is 0 Å². The van der Waals surface area contributed by atoms with Gasteiger partial charge in [0.2, 0.25) is 5.95 Å². The van der Waals surface area contributed by atoms with E-state index >= 15 is 0 Å². The van der Waals surface area contributed by atoms with Gasteiger partial charge < -0.3 is 14.7 Å². The molecule has 2 aromatic rings. The van der Waals surface area contributed by atoms with Crippen LogP contribution in [0.4, 0.5) is 10.3 Å². The summed E-state index contributed by atoms with van der Waals surface area (Å²) in [4.78, 5) is 10.4. The maximum absolute atomic E-state index is 13.9. The Bertz CT molecular complexity index is 626. The molecule has 0 saturated carbocycles. The Morgan fingerprint density at radius 2 is 2.00 bits per heavy atom. The summed E-state index contributed by atoms with van der Waals surface area (Å²) >= 11 is 0. The number of hydrogen-bond donors (Lipinski definition) is 1. The molecule has 1 aromatic heterocycles. The first-order valence-electron chi connectivity index (χ1n) is 7.23. The molecule has 0 spiro atoms. The van der Waals surface area contributed by atoms with E-state index < -0.39 is 5.60 Å². The highest BCUT2D eigenvalue weighted by atomic mass is 19.1. The van der Waals surface area contributed by atoms with Crippen molar-refractivity contribution in [2.75, 3.05) is 31.2 Å². The van der Waals surface area contributed by atoms with Gasteiger partial charge >= 0.3 is 0 Å². The number of aromatic nitrogens is 2. The number of anilines is 1. The summed E-state index contributed by atoms with van der Waals surface area (Å²) in [6.07, 6.45) is 3.66. The van der Waals surface area contributed by atoms with Crippen LogP contribution < -0.4 is 4.90 Å². The first kappa shape index (κ1) is 14.9. The van der Waals surface area contributed by atoms with Crippen LogP contribution in [0, 0.1) is 5.82 Å². The number of benzene rings is 1. The van der Waals surface area contributed by atoms with Crippen LogP contribution in [-0.4, -0.2) is 47.0 Å². The zero-order valence-corrected chi connectivity index (χ0v) is 12.2. The summed E-state index contributed by atoms with van der Waals surface area (Å²) in [5.41, 5.74) is -0.313. The summed E-state index contributed by atoms with van der Waals surface area (Å²) in [5, 5.41) is 9.84. The Balaban J connectivity index is 1.82. The Hall–Kier alpha value is -2.05. The van der Waals surface area contributed by atoms with Gasteiger partial charge in [-0.15, -0.1) is 0 Å². The van der Waals surface area contributed by atoms with Gasteiger partial charge in [0.1, 0.15) is 11.4 Å². The molecule has 0 amide bonds. The summed E-state index contributed by atoms with van der Waals surface area (Å²) in [6.45, 7) is 1.31. The standard InChI is InChI=1S/C16H18FN3O2/c17-14-5-2-1-4-13(14)10-16(12-21)11-20(8-9-22-16)15-18-6-3-7-19-15/h1-7,21H,8-12H2/t16-/m0/s1. The third-order valence-corrected chi connectivity index (χ3v) is 3.84. The van der Waals surface area contributed by atoms with Crippen LogP contribution in [0.25, 0.3) is 0 Å². The molecule has 5 nitrogen and oxygen atoms in total. The highest BCUT2D eigenvalue weighted by Gasteiger charge is 2.38. The van der Waals surface area contributed by atoms with Gasteiger partial charge in [-0.05, 0) is 17.7 Å². The van der Waals surface area contributed by atoms with Gasteiger partial charge in [0.15, 0.2) is 0 Å². The Labute approximate surface area is 128 Å². The van der Waals surface area contributed by atoms with Gasteiger partial charge in [-0.1, -0.05) is 18.2 Å². The quantitative estimate of drug-likeness (QED) is 0.926. The minimum Gasteiger partial charge on any atom is -0.393 e. The Morgan fingerprint density at radius 1 is 1.23 bits per heavy atom. The molecule has 1 aliphatic heterocycles. The lowest BCUT2D eigenvalue weighted by molar-refractivity contribution is -0.0874. The molecule has 1 aliphatic rings. The van der Waals surface area contributed by atoms with Gasteiger partial charge in [-0.25, -0.2) is 14.4 Å². The van der Waals surface area contributed by atoms with Crippen molar-refractivity contribution in [3.05, 3.63) is 54.1 Å². The second kappa shape index (κ2) is 6.37. The third kappa shape index (κ3) is 3.08. The summed E-state index contributed by atoms with van der Waals surface area (Å²) in [5.74, 6) is 0.309. The fraction of sp³-hybridized carbons (Fsp3) is 0.375. The zero-order valence-electron chi connectivity index (χ0n) is 12.2. The minimum absolute atomic E-state index is 0.190. The third-order valence-electron chi connectivity index (χ3n) is 3.84. The first-order chi connectivity index (χ1) is 10.7. The second-order valence-corrected chi connectivity index (χ2v) is 5.43. The number of aliphatic hydroxyl groups is 1. The van der Waals surface area contributed by atoms with Gasteiger partial charge in [0.25, 0.3) is 0 Å². The molecule has 3 rings (SSSR count). The molecule has 6 heteroatoms. The smallest absolute Gasteiger partial charge is 0.225 e. The normalized spacial score (nSPS) is 21.8. The summed E-state index contributed by atoms with van der Waals surface area (Å²) < 4.78 is 19.7. The van der Waals surface area contributed by atoms with Crippen molar-refractivity contribution in [1.82, 2.24) is 9.97 Å². The van der Waals surface area contributed by atoms with Crippen LogP contribution in [0.15, 0.2) is 42.7 Å². The molecule has 0 unspecified atom stereocenters. The number of nitrogens with zero attached hydrogens (tertiary/aromatic N) is 3. The van der Waals surface area contributed by atoms with Crippen LogP contribution in [-0.2, 0) is 11.2 Å². The van der Waals surface area contributed by atoms with Crippen LogP contribution in [0.3, 0.4) is 0 Å². The van der Waals surface area contributed by atoms with E-state index in [4.69, 9.17) is 4.74 Å². The molecular weight excluding hydrogens is 285 g/mol. The van der Waals surface area contributed by atoms with E-state index in [2.05, 4.69) is 9.97 Å². The largest absolute Gasteiger partial charge is 0.393 e. The van der Waals surface area contributed by atoms with Crippen molar-refractivity contribution < 1.29 is 14.2 Å². The molecule has 22 heavy (non-hydrogen) atoms. The average molecular weight is 303 g/mol. The molecule has 2 heterocycles. The van der Waals surface area contributed by atoms with Crippen LogP contribution in [0.2, 0.25) is 0 Å². The lowest BCUT2D eigenvalue weighted by Crippen LogP contribution is -2.56. The number of rotatable bonds is 4. The lowest BCUT2D eigenvalue weighted by atomic mass is 9.93. The minimum atomic E-state index is -0.848. The molecule has 1 fully saturated rings. The van der Waals surface area contributed by atoms with Crippen molar-refractivity contribution in [2.45, 2.75) is 12.0 Å². The highest BCUT2D eigenvalue weighted by Crippen LogP contribution is 2.25. The second-order valence-electron chi connectivity index (χ2n) is 5.43. The molecule has 116 valence electrons. The predicted octanol–water partition coefficient (Wildman–Crippen LogP) is 1.43. The van der Waals surface area contributed by atoms with Crippen molar-refractivity contribution in [1.29, 1.82) is 0 Å². The predicted molar refractivity (Wildman–Crippen MR) is 80.1 cm³/mol. The van der Waals surface area contributed by atoms with Crippen LogP contribution in [0.5, 0.6) is 0 Å². The van der Waals surface area contributed by atoms with Gasteiger partial charge in [0, 0.05) is 25.4 Å². The Kier molecular flexibility index (Phi) is 4.31. The van der Waals surface area contributed by atoms with Crippen molar-refractivity contribution >= 4 is 5.95 Å². The number of ether oxygens (including phenoxy) is 1. The van der Waals surface area contributed by atoms with E-state index in [-0.39, 0.29) is 12.4 Å². The molecule has 0 radical (unpaired) electrons. The number of hydrogen-bond acceptors (Lipinski definition) is 5. The van der Waals surface area contributed by atoms with Crippen molar-refractivity contribution in [3.8, 4) is 0 Å². The van der Waals surface area contributed by atoms with Gasteiger partial charge in [-0.2, -0.15) is 0 Å². The molecule has 1 aromatic carbocycles. The van der Waals surface area contributed by atoms with E-state index in [9.17, 15) is 9.50 Å². The van der Waals surface area contributed by atoms with E-state index in [1.54, 1.807) is 36.7 Å². The SMILES string of the molecule is OC[C@]1(Cc2ccccc2F)CN(c2ncccn2)CCO1. The lowest BCUT2D eigenvalue weighted by Gasteiger charge is -2.41. The fourth-order valence-electron chi connectivity index (χ4n) is 2.72. The first-order valence-corrected chi connectivity index (χ1v) is 7.23. The molecule has 1 atom stereocenters. The van der Waals surface area contributed by atoms with E-state index in [1.165, 1.54) is 6.07 Å².